The summed E-state index contributed by atoms with van der Waals surface area (Å²) in [6.45, 7) is 3.31. The molecule has 1 heterocycles. The normalized spacial score (nSPS) is 37.6. The molecule has 0 radical (unpaired) electrons. The Labute approximate surface area is 144 Å². The minimum atomic E-state index is -1.30. The Hall–Kier alpha value is -0.260. The van der Waals surface area contributed by atoms with E-state index in [0.29, 0.717) is 6.61 Å². The van der Waals surface area contributed by atoms with E-state index in [9.17, 15) is 13.9 Å². The fourth-order valence-electron chi connectivity index (χ4n) is 4.84. The van der Waals surface area contributed by atoms with Crippen molar-refractivity contribution in [1.82, 2.24) is 4.90 Å². The second-order valence-electron chi connectivity index (χ2n) is 8.04. The van der Waals surface area contributed by atoms with Crippen molar-refractivity contribution in [3.63, 3.8) is 0 Å². The van der Waals surface area contributed by atoms with Crippen LogP contribution in [0.25, 0.3) is 0 Å². The summed E-state index contributed by atoms with van der Waals surface area (Å²) in [4.78, 5) is 2.29. The molecular weight excluding hydrogens is 312 g/mol. The van der Waals surface area contributed by atoms with Gasteiger partial charge < -0.3 is 14.7 Å². The summed E-state index contributed by atoms with van der Waals surface area (Å²) in [6, 6.07) is 0. The van der Waals surface area contributed by atoms with E-state index in [2.05, 4.69) is 4.90 Å². The molecule has 24 heavy (non-hydrogen) atoms. The Morgan fingerprint density at radius 2 is 1.54 bits per heavy atom. The van der Waals surface area contributed by atoms with Gasteiger partial charge in [0.05, 0.1) is 12.7 Å². The first-order valence-electron chi connectivity index (χ1n) is 9.95. The smallest absolute Gasteiger partial charge is 0.129 e. The molecule has 1 aliphatic heterocycles. The number of ether oxygens (including phenoxy) is 1. The van der Waals surface area contributed by atoms with Gasteiger partial charge in [-0.1, -0.05) is 19.3 Å². The van der Waals surface area contributed by atoms with Crippen LogP contribution in [-0.2, 0) is 4.74 Å². The summed E-state index contributed by atoms with van der Waals surface area (Å²) in [6.07, 6.45) is 4.31. The average Bonchev–Trinajstić information content (AvgIpc) is 3.10. The highest BCUT2D eigenvalue weighted by molar-refractivity contribution is 4.92. The molecule has 0 amide bonds. The number of rotatable bonds is 6. The van der Waals surface area contributed by atoms with Crippen LogP contribution in [-0.4, -0.2) is 60.8 Å². The number of aliphatic hydroxyl groups excluding tert-OH is 1. The van der Waals surface area contributed by atoms with Crippen LogP contribution >= 0.6 is 0 Å². The summed E-state index contributed by atoms with van der Waals surface area (Å²) in [5.74, 6) is -0.0210. The molecule has 1 saturated heterocycles. The molecule has 3 aliphatic rings. The maximum absolute atomic E-state index is 14.5. The molecule has 0 aromatic rings. The summed E-state index contributed by atoms with van der Waals surface area (Å²) in [7, 11) is 0. The van der Waals surface area contributed by atoms with E-state index in [4.69, 9.17) is 4.74 Å². The van der Waals surface area contributed by atoms with Crippen LogP contribution in [0.4, 0.5) is 8.78 Å². The third-order valence-electron chi connectivity index (χ3n) is 6.30. The van der Waals surface area contributed by atoms with Crippen LogP contribution in [0, 0.1) is 11.8 Å². The third kappa shape index (κ3) is 4.67. The molecule has 2 aliphatic carbocycles. The van der Waals surface area contributed by atoms with Crippen molar-refractivity contribution < 1.29 is 18.6 Å². The van der Waals surface area contributed by atoms with E-state index in [1.54, 1.807) is 0 Å². The second-order valence-corrected chi connectivity index (χ2v) is 8.04. The zero-order chi connectivity index (χ0) is 16.9. The highest BCUT2D eigenvalue weighted by Gasteiger charge is 2.43. The number of alkyl halides is 2. The molecule has 3 atom stereocenters. The lowest BCUT2D eigenvalue weighted by molar-refractivity contribution is -0.106. The lowest BCUT2D eigenvalue weighted by Crippen LogP contribution is -2.47. The summed E-state index contributed by atoms with van der Waals surface area (Å²) < 4.78 is 34.5. The number of nitrogens with zero attached hydrogens (tertiary/aromatic N) is 1. The lowest BCUT2D eigenvalue weighted by atomic mass is 9.74. The van der Waals surface area contributed by atoms with Gasteiger partial charge in [0.1, 0.15) is 18.4 Å². The van der Waals surface area contributed by atoms with Gasteiger partial charge in [-0.25, -0.2) is 8.78 Å². The van der Waals surface area contributed by atoms with Crippen LogP contribution in [0.15, 0.2) is 0 Å². The molecule has 0 spiro atoms. The van der Waals surface area contributed by atoms with Crippen molar-refractivity contribution >= 4 is 0 Å². The van der Waals surface area contributed by atoms with E-state index in [1.807, 2.05) is 0 Å². The van der Waals surface area contributed by atoms with Gasteiger partial charge in [-0.2, -0.15) is 0 Å². The van der Waals surface area contributed by atoms with Crippen molar-refractivity contribution in [3.8, 4) is 0 Å². The summed E-state index contributed by atoms with van der Waals surface area (Å²) >= 11 is 0. The quantitative estimate of drug-likeness (QED) is 0.800. The van der Waals surface area contributed by atoms with Crippen molar-refractivity contribution in [2.24, 2.45) is 11.8 Å². The standard InChI is InChI=1S/C19H33F2NO2/c20-16-12-15(18(23)14-6-2-1-3-7-14)13-17(21)19(16)24-11-10-22-8-4-5-9-22/h14-19,23H,1-13H2. The second kappa shape index (κ2) is 8.91. The molecule has 3 nitrogen and oxygen atoms in total. The molecule has 0 bridgehead atoms. The number of likely N-dealkylation sites (tertiary alicyclic amines) is 1. The fourth-order valence-corrected chi connectivity index (χ4v) is 4.84. The summed E-state index contributed by atoms with van der Waals surface area (Å²) in [5, 5.41) is 10.6. The van der Waals surface area contributed by atoms with E-state index in [-0.39, 0.29) is 24.7 Å². The van der Waals surface area contributed by atoms with Gasteiger partial charge in [0, 0.05) is 6.54 Å². The van der Waals surface area contributed by atoms with Crippen LogP contribution in [0.1, 0.15) is 57.8 Å². The zero-order valence-corrected chi connectivity index (χ0v) is 14.7. The minimum absolute atomic E-state index is 0.232. The highest BCUT2D eigenvalue weighted by Crippen LogP contribution is 2.38. The Kier molecular flexibility index (Phi) is 6.88. The Morgan fingerprint density at radius 1 is 0.917 bits per heavy atom. The molecule has 3 rings (SSSR count). The molecule has 1 N–H and O–H groups in total. The van der Waals surface area contributed by atoms with Gasteiger partial charge in [-0.05, 0) is 63.5 Å². The minimum Gasteiger partial charge on any atom is -0.393 e. The van der Waals surface area contributed by atoms with E-state index in [1.165, 1.54) is 19.3 Å². The van der Waals surface area contributed by atoms with Gasteiger partial charge in [0.25, 0.3) is 0 Å². The molecule has 3 fully saturated rings. The number of hydrogen-bond acceptors (Lipinski definition) is 3. The first-order chi connectivity index (χ1) is 11.6. The Balaban J connectivity index is 1.44. The maximum Gasteiger partial charge on any atom is 0.129 e. The van der Waals surface area contributed by atoms with E-state index < -0.39 is 24.6 Å². The predicted molar refractivity (Wildman–Crippen MR) is 90.5 cm³/mol. The molecule has 140 valence electrons. The topological polar surface area (TPSA) is 32.7 Å². The lowest BCUT2D eigenvalue weighted by Gasteiger charge is -2.39. The molecule has 3 unspecified atom stereocenters. The fraction of sp³-hybridized carbons (Fsp3) is 1.00. The van der Waals surface area contributed by atoms with Crippen molar-refractivity contribution in [2.45, 2.75) is 82.3 Å². The first-order valence-corrected chi connectivity index (χ1v) is 9.95. The van der Waals surface area contributed by atoms with Gasteiger partial charge in [0.15, 0.2) is 0 Å². The monoisotopic (exact) mass is 345 g/mol. The average molecular weight is 345 g/mol. The van der Waals surface area contributed by atoms with Crippen molar-refractivity contribution in [3.05, 3.63) is 0 Å². The van der Waals surface area contributed by atoms with Gasteiger partial charge in [-0.15, -0.1) is 0 Å². The summed E-state index contributed by atoms with van der Waals surface area (Å²) in [5.41, 5.74) is 0. The molecule has 0 aromatic heterocycles. The van der Waals surface area contributed by atoms with Crippen LogP contribution in [0.2, 0.25) is 0 Å². The largest absolute Gasteiger partial charge is 0.393 e. The maximum atomic E-state index is 14.5. The van der Waals surface area contributed by atoms with Crippen LogP contribution in [0.3, 0.4) is 0 Å². The van der Waals surface area contributed by atoms with Crippen molar-refractivity contribution in [2.75, 3.05) is 26.2 Å². The molecule has 5 heteroatoms. The predicted octanol–water partition coefficient (Wildman–Crippen LogP) is 3.49. The highest BCUT2D eigenvalue weighted by atomic mass is 19.1. The number of halogens is 2. The molecular formula is C19H33F2NO2. The number of hydrogen-bond donors (Lipinski definition) is 1. The number of aliphatic hydroxyl groups is 1. The third-order valence-corrected chi connectivity index (χ3v) is 6.30. The van der Waals surface area contributed by atoms with Gasteiger partial charge in [0.2, 0.25) is 0 Å². The SMILES string of the molecule is OC(C1CCCCC1)C1CC(F)C(OCCN2CCCC2)C(F)C1. The Morgan fingerprint density at radius 3 is 2.17 bits per heavy atom. The molecule has 0 aromatic carbocycles. The van der Waals surface area contributed by atoms with Crippen LogP contribution in [0.5, 0.6) is 0 Å². The van der Waals surface area contributed by atoms with E-state index in [0.717, 1.165) is 45.3 Å². The Bertz CT molecular complexity index is 360. The van der Waals surface area contributed by atoms with Crippen LogP contribution < -0.4 is 0 Å². The van der Waals surface area contributed by atoms with Gasteiger partial charge in [-0.3, -0.25) is 0 Å². The first kappa shape index (κ1) is 18.5. The van der Waals surface area contributed by atoms with E-state index >= 15 is 0 Å². The van der Waals surface area contributed by atoms with Gasteiger partial charge >= 0.3 is 0 Å². The zero-order valence-electron chi connectivity index (χ0n) is 14.7. The molecule has 2 saturated carbocycles. The van der Waals surface area contributed by atoms with Crippen molar-refractivity contribution in [1.29, 1.82) is 0 Å².